The van der Waals surface area contributed by atoms with Crippen molar-refractivity contribution >= 4 is 23.4 Å². The second kappa shape index (κ2) is 10.1. The molecule has 0 heterocycles. The van der Waals surface area contributed by atoms with Gasteiger partial charge in [-0.1, -0.05) is 20.3 Å². The van der Waals surface area contributed by atoms with Gasteiger partial charge in [-0.2, -0.15) is 0 Å². The van der Waals surface area contributed by atoms with Crippen LogP contribution in [-0.2, 0) is 19.1 Å². The molecule has 26 heavy (non-hydrogen) atoms. The topological polar surface area (TPSA) is 113 Å². The Morgan fingerprint density at radius 2 is 1.81 bits per heavy atom. The van der Waals surface area contributed by atoms with Gasteiger partial charge >= 0.3 is 11.9 Å². The molecule has 0 aromatic carbocycles. The van der Waals surface area contributed by atoms with E-state index in [4.69, 9.17) is 5.11 Å². The van der Waals surface area contributed by atoms with Crippen LogP contribution in [0.3, 0.4) is 0 Å². The molecule has 0 bridgehead atoms. The molecule has 146 valence electrons. The predicted molar refractivity (Wildman–Crippen MR) is 97.3 cm³/mol. The van der Waals surface area contributed by atoms with Gasteiger partial charge in [0.1, 0.15) is 5.76 Å². The third-order valence-corrected chi connectivity index (χ3v) is 4.29. The lowest BCUT2D eigenvalue weighted by molar-refractivity contribution is -0.140. The smallest absolute Gasteiger partial charge is 0.305 e. The van der Waals surface area contributed by atoms with Gasteiger partial charge in [0.15, 0.2) is 5.78 Å². The number of ether oxygens (including phenoxy) is 1. The SMILES string of the molecule is COC(=O)CCC(=NCCCCCC(=O)O)C1=C(O)CC(C)(C)CC1=O. The molecule has 1 aliphatic carbocycles. The van der Waals surface area contributed by atoms with Gasteiger partial charge in [0.05, 0.1) is 19.1 Å². The van der Waals surface area contributed by atoms with Gasteiger partial charge < -0.3 is 14.9 Å². The molecule has 0 aromatic rings. The zero-order chi connectivity index (χ0) is 19.7. The fraction of sp³-hybridized carbons (Fsp3) is 0.684. The van der Waals surface area contributed by atoms with Gasteiger partial charge in [0.2, 0.25) is 0 Å². The van der Waals surface area contributed by atoms with Crippen LogP contribution >= 0.6 is 0 Å². The molecular formula is C19H29NO6. The number of unbranched alkanes of at least 4 members (excludes halogenated alkanes) is 2. The van der Waals surface area contributed by atoms with Crippen LogP contribution in [0.2, 0.25) is 0 Å². The first-order chi connectivity index (χ1) is 12.2. The van der Waals surface area contributed by atoms with Gasteiger partial charge in [0.25, 0.3) is 0 Å². The highest BCUT2D eigenvalue weighted by atomic mass is 16.5. The minimum absolute atomic E-state index is 0.0285. The largest absolute Gasteiger partial charge is 0.511 e. The summed E-state index contributed by atoms with van der Waals surface area (Å²) in [4.78, 5) is 38.9. The minimum atomic E-state index is -0.822. The second-order valence-corrected chi connectivity index (χ2v) is 7.37. The number of rotatable bonds is 10. The Labute approximate surface area is 154 Å². The second-order valence-electron chi connectivity index (χ2n) is 7.37. The number of carboxylic acids is 1. The highest BCUT2D eigenvalue weighted by molar-refractivity contribution is 6.23. The zero-order valence-corrected chi connectivity index (χ0v) is 15.8. The fourth-order valence-corrected chi connectivity index (χ4v) is 3.00. The lowest BCUT2D eigenvalue weighted by Gasteiger charge is -2.30. The van der Waals surface area contributed by atoms with E-state index in [1.54, 1.807) is 0 Å². The lowest BCUT2D eigenvalue weighted by atomic mass is 9.75. The molecule has 7 nitrogen and oxygen atoms in total. The Morgan fingerprint density at radius 3 is 2.38 bits per heavy atom. The summed E-state index contributed by atoms with van der Waals surface area (Å²) in [6, 6.07) is 0. The Balaban J connectivity index is 2.84. The zero-order valence-electron chi connectivity index (χ0n) is 15.8. The molecule has 0 aromatic heterocycles. The summed E-state index contributed by atoms with van der Waals surface area (Å²) in [7, 11) is 1.30. The van der Waals surface area contributed by atoms with Crippen molar-refractivity contribution in [2.45, 2.75) is 65.2 Å². The molecule has 1 aliphatic rings. The van der Waals surface area contributed by atoms with Gasteiger partial charge in [0, 0.05) is 37.9 Å². The number of nitrogens with zero attached hydrogens (tertiary/aromatic N) is 1. The summed E-state index contributed by atoms with van der Waals surface area (Å²) in [6.07, 6.45) is 3.12. The molecule has 0 saturated heterocycles. The Bertz CT molecular complexity index is 603. The highest BCUT2D eigenvalue weighted by Gasteiger charge is 2.35. The summed E-state index contributed by atoms with van der Waals surface area (Å²) in [5.74, 6) is -1.35. The number of Topliss-reactive ketones (excluding diaryl/α,β-unsaturated/α-hetero) is 1. The summed E-state index contributed by atoms with van der Waals surface area (Å²) in [5.41, 5.74) is 0.375. The molecule has 0 amide bonds. The quantitative estimate of drug-likeness (QED) is 0.348. The van der Waals surface area contributed by atoms with E-state index in [2.05, 4.69) is 9.73 Å². The van der Waals surface area contributed by atoms with E-state index in [0.29, 0.717) is 44.4 Å². The van der Waals surface area contributed by atoms with Crippen molar-refractivity contribution in [1.29, 1.82) is 0 Å². The van der Waals surface area contributed by atoms with Gasteiger partial charge in [-0.25, -0.2) is 0 Å². The molecule has 0 unspecified atom stereocenters. The number of allylic oxidation sites excluding steroid dienone is 2. The first-order valence-corrected chi connectivity index (χ1v) is 8.94. The van der Waals surface area contributed by atoms with Crippen molar-refractivity contribution in [2.75, 3.05) is 13.7 Å². The standard InChI is InChI=1S/C19H29NO6/c1-19(2)11-14(21)18(15(22)12-19)13(8-9-17(25)26-3)20-10-6-4-5-7-16(23)24/h21H,4-12H2,1-3H3,(H,23,24). The van der Waals surface area contributed by atoms with Crippen molar-refractivity contribution in [2.24, 2.45) is 10.4 Å². The molecule has 0 atom stereocenters. The van der Waals surface area contributed by atoms with Gasteiger partial charge in [-0.05, 0) is 18.3 Å². The van der Waals surface area contributed by atoms with E-state index in [-0.39, 0.29) is 41.8 Å². The molecule has 0 saturated carbocycles. The summed E-state index contributed by atoms with van der Waals surface area (Å²) >= 11 is 0. The number of methoxy groups -OCH3 is 1. The molecule has 0 radical (unpaired) electrons. The normalized spacial score (nSPS) is 17.3. The minimum Gasteiger partial charge on any atom is -0.511 e. The van der Waals surface area contributed by atoms with Crippen LogP contribution in [-0.4, -0.2) is 47.3 Å². The third kappa shape index (κ3) is 7.37. The number of ketones is 1. The Kier molecular flexibility index (Phi) is 8.48. The van der Waals surface area contributed by atoms with Gasteiger partial charge in [-0.15, -0.1) is 0 Å². The van der Waals surface area contributed by atoms with E-state index in [1.165, 1.54) is 7.11 Å². The van der Waals surface area contributed by atoms with E-state index in [0.717, 1.165) is 0 Å². The number of carbonyl (C=O) groups excluding carboxylic acids is 2. The fourth-order valence-electron chi connectivity index (χ4n) is 3.00. The molecule has 2 N–H and O–H groups in total. The number of hydrogen-bond acceptors (Lipinski definition) is 6. The van der Waals surface area contributed by atoms with E-state index < -0.39 is 11.9 Å². The average Bonchev–Trinajstić information content (AvgIpc) is 2.52. The molecule has 1 rings (SSSR count). The van der Waals surface area contributed by atoms with E-state index in [1.807, 2.05) is 13.8 Å². The van der Waals surface area contributed by atoms with Crippen molar-refractivity contribution in [3.05, 3.63) is 11.3 Å². The van der Waals surface area contributed by atoms with Crippen LogP contribution in [0.4, 0.5) is 0 Å². The van der Waals surface area contributed by atoms with E-state index in [9.17, 15) is 19.5 Å². The number of carboxylic acid groups (broad SMARTS) is 1. The maximum Gasteiger partial charge on any atom is 0.305 e. The first kappa shape index (κ1) is 21.9. The Morgan fingerprint density at radius 1 is 1.12 bits per heavy atom. The number of aliphatic hydroxyl groups is 1. The molecule has 0 fully saturated rings. The average molecular weight is 367 g/mol. The molecule has 7 heteroatoms. The molecule has 0 aliphatic heterocycles. The highest BCUT2D eigenvalue weighted by Crippen LogP contribution is 2.36. The molecule has 0 spiro atoms. The van der Waals surface area contributed by atoms with Crippen molar-refractivity contribution < 1.29 is 29.3 Å². The number of aliphatic imine (C=N–C) groups is 1. The van der Waals surface area contributed by atoms with Crippen LogP contribution in [0.1, 0.15) is 65.2 Å². The van der Waals surface area contributed by atoms with Crippen molar-refractivity contribution in [1.82, 2.24) is 0 Å². The number of hydrogen-bond donors (Lipinski definition) is 2. The number of carbonyl (C=O) groups is 3. The van der Waals surface area contributed by atoms with Crippen LogP contribution in [0.5, 0.6) is 0 Å². The maximum atomic E-state index is 12.5. The van der Waals surface area contributed by atoms with Crippen LogP contribution in [0.25, 0.3) is 0 Å². The maximum absolute atomic E-state index is 12.5. The predicted octanol–water partition coefficient (Wildman–Crippen LogP) is 3.23. The lowest BCUT2D eigenvalue weighted by Crippen LogP contribution is -2.29. The number of aliphatic carboxylic acids is 1. The number of aliphatic hydroxyl groups excluding tert-OH is 1. The van der Waals surface area contributed by atoms with Crippen molar-refractivity contribution in [3.63, 3.8) is 0 Å². The summed E-state index contributed by atoms with van der Waals surface area (Å²) in [5, 5.41) is 19.0. The van der Waals surface area contributed by atoms with Gasteiger partial charge in [-0.3, -0.25) is 19.4 Å². The third-order valence-electron chi connectivity index (χ3n) is 4.29. The first-order valence-electron chi connectivity index (χ1n) is 8.94. The van der Waals surface area contributed by atoms with Crippen molar-refractivity contribution in [3.8, 4) is 0 Å². The number of esters is 1. The van der Waals surface area contributed by atoms with Crippen LogP contribution in [0, 0.1) is 5.41 Å². The van der Waals surface area contributed by atoms with Crippen LogP contribution in [0.15, 0.2) is 16.3 Å². The summed E-state index contributed by atoms with van der Waals surface area (Å²) in [6.45, 7) is 4.26. The Hall–Kier alpha value is -2.18. The van der Waals surface area contributed by atoms with E-state index >= 15 is 0 Å². The monoisotopic (exact) mass is 367 g/mol. The summed E-state index contributed by atoms with van der Waals surface area (Å²) < 4.78 is 4.64. The molecular weight excluding hydrogens is 338 g/mol. The van der Waals surface area contributed by atoms with Crippen LogP contribution < -0.4 is 0 Å².